The van der Waals surface area contributed by atoms with E-state index < -0.39 is 6.10 Å². The summed E-state index contributed by atoms with van der Waals surface area (Å²) >= 11 is 0. The second-order valence-electron chi connectivity index (χ2n) is 3.75. The molecule has 3 nitrogen and oxygen atoms in total. The van der Waals surface area contributed by atoms with Crippen molar-refractivity contribution in [2.24, 2.45) is 0 Å². The Morgan fingerprint density at radius 1 is 1.25 bits per heavy atom. The van der Waals surface area contributed by atoms with E-state index in [9.17, 15) is 5.11 Å². The maximum absolute atomic E-state index is 9.81. The van der Waals surface area contributed by atoms with E-state index in [2.05, 4.69) is 11.4 Å². The summed E-state index contributed by atoms with van der Waals surface area (Å²) < 4.78 is 0. The quantitative estimate of drug-likeness (QED) is 0.688. The fraction of sp³-hybridized carbons (Fsp3) is 0.462. The molecule has 0 saturated heterocycles. The van der Waals surface area contributed by atoms with E-state index in [-0.39, 0.29) is 0 Å². The van der Waals surface area contributed by atoms with E-state index in [1.165, 1.54) is 0 Å². The zero-order valence-corrected chi connectivity index (χ0v) is 9.39. The first-order valence-electron chi connectivity index (χ1n) is 5.65. The van der Waals surface area contributed by atoms with Crippen LogP contribution in [0.4, 0.5) is 0 Å². The molecule has 1 rings (SSSR count). The molecule has 0 aliphatic heterocycles. The first-order valence-corrected chi connectivity index (χ1v) is 5.65. The molecule has 0 aromatic heterocycles. The molecule has 0 aliphatic carbocycles. The van der Waals surface area contributed by atoms with Crippen LogP contribution in [-0.4, -0.2) is 18.2 Å². The van der Waals surface area contributed by atoms with Gasteiger partial charge in [0.05, 0.1) is 12.2 Å². The average Bonchev–Trinajstić information content (AvgIpc) is 2.34. The van der Waals surface area contributed by atoms with Crippen molar-refractivity contribution >= 4 is 0 Å². The van der Waals surface area contributed by atoms with Gasteiger partial charge >= 0.3 is 0 Å². The molecule has 0 heterocycles. The maximum atomic E-state index is 9.81. The zero-order valence-electron chi connectivity index (χ0n) is 9.39. The van der Waals surface area contributed by atoms with E-state index in [0.717, 1.165) is 24.9 Å². The Balaban J connectivity index is 2.12. The molecule has 2 N–H and O–H groups in total. The number of aliphatic hydroxyl groups excluding tert-OH is 1. The highest BCUT2D eigenvalue weighted by Crippen LogP contribution is 2.10. The van der Waals surface area contributed by atoms with Gasteiger partial charge in [0.2, 0.25) is 0 Å². The molecule has 0 bridgehead atoms. The van der Waals surface area contributed by atoms with E-state index >= 15 is 0 Å². The standard InChI is InChI=1S/C13H18N2O/c14-9-5-2-6-10-15-11-13(16)12-7-3-1-4-8-12/h1,3-4,7-8,13,15-16H,2,5-6,10-11H2. The summed E-state index contributed by atoms with van der Waals surface area (Å²) in [7, 11) is 0. The van der Waals surface area contributed by atoms with Crippen molar-refractivity contribution < 1.29 is 5.11 Å². The highest BCUT2D eigenvalue weighted by Gasteiger charge is 2.04. The number of hydrogen-bond acceptors (Lipinski definition) is 3. The highest BCUT2D eigenvalue weighted by molar-refractivity contribution is 5.17. The first kappa shape index (κ1) is 12.7. The number of unbranched alkanes of at least 4 members (excludes halogenated alkanes) is 2. The Labute approximate surface area is 96.7 Å². The van der Waals surface area contributed by atoms with Crippen LogP contribution in [0.3, 0.4) is 0 Å². The second kappa shape index (κ2) is 7.86. The summed E-state index contributed by atoms with van der Waals surface area (Å²) in [5.74, 6) is 0. The topological polar surface area (TPSA) is 56.0 Å². The summed E-state index contributed by atoms with van der Waals surface area (Å²) in [6, 6.07) is 11.7. The van der Waals surface area contributed by atoms with Crippen molar-refractivity contribution in [3.8, 4) is 6.07 Å². The Morgan fingerprint density at radius 3 is 2.69 bits per heavy atom. The van der Waals surface area contributed by atoms with Gasteiger partial charge in [-0.2, -0.15) is 5.26 Å². The third kappa shape index (κ3) is 4.92. The number of nitrogens with zero attached hydrogens (tertiary/aromatic N) is 1. The number of benzene rings is 1. The predicted octanol–water partition coefficient (Wildman–Crippen LogP) is 2.00. The highest BCUT2D eigenvalue weighted by atomic mass is 16.3. The summed E-state index contributed by atoms with van der Waals surface area (Å²) in [5, 5.41) is 21.3. The Bertz CT molecular complexity index is 318. The molecule has 1 atom stereocenters. The lowest BCUT2D eigenvalue weighted by molar-refractivity contribution is 0.175. The second-order valence-corrected chi connectivity index (χ2v) is 3.75. The van der Waals surface area contributed by atoms with Gasteiger partial charge in [-0.3, -0.25) is 0 Å². The van der Waals surface area contributed by atoms with Gasteiger partial charge in [0, 0.05) is 13.0 Å². The van der Waals surface area contributed by atoms with Crippen molar-refractivity contribution in [2.75, 3.05) is 13.1 Å². The normalized spacial score (nSPS) is 12.0. The van der Waals surface area contributed by atoms with Gasteiger partial charge in [0.25, 0.3) is 0 Å². The minimum absolute atomic E-state index is 0.447. The molecule has 0 fully saturated rings. The van der Waals surface area contributed by atoms with Gasteiger partial charge in [0.1, 0.15) is 0 Å². The SMILES string of the molecule is N#CCCCCNCC(O)c1ccccc1. The van der Waals surface area contributed by atoms with Gasteiger partial charge in [-0.05, 0) is 24.9 Å². The number of nitrogens with one attached hydrogen (secondary N) is 1. The summed E-state index contributed by atoms with van der Waals surface area (Å²) in [6.45, 7) is 1.42. The zero-order chi connectivity index (χ0) is 11.6. The van der Waals surface area contributed by atoms with Crippen molar-refractivity contribution in [1.82, 2.24) is 5.32 Å². The number of rotatable bonds is 7. The number of aliphatic hydroxyl groups is 1. The monoisotopic (exact) mass is 218 g/mol. The van der Waals surface area contributed by atoms with Gasteiger partial charge < -0.3 is 10.4 Å². The van der Waals surface area contributed by atoms with Crippen LogP contribution in [-0.2, 0) is 0 Å². The van der Waals surface area contributed by atoms with E-state index in [0.29, 0.717) is 13.0 Å². The molecule has 0 saturated carbocycles. The molecule has 0 radical (unpaired) electrons. The first-order chi connectivity index (χ1) is 7.84. The van der Waals surface area contributed by atoms with Crippen LogP contribution in [0.1, 0.15) is 30.9 Å². The van der Waals surface area contributed by atoms with Crippen molar-refractivity contribution in [3.63, 3.8) is 0 Å². The fourth-order valence-electron chi connectivity index (χ4n) is 1.49. The number of hydrogen-bond donors (Lipinski definition) is 2. The van der Waals surface area contributed by atoms with Crippen LogP contribution in [0.5, 0.6) is 0 Å². The lowest BCUT2D eigenvalue weighted by Gasteiger charge is -2.11. The molecule has 0 amide bonds. The van der Waals surface area contributed by atoms with Crippen molar-refractivity contribution in [2.45, 2.75) is 25.4 Å². The Hall–Kier alpha value is -1.37. The maximum Gasteiger partial charge on any atom is 0.0914 e. The van der Waals surface area contributed by atoms with Gasteiger partial charge in [-0.15, -0.1) is 0 Å². The Kier molecular flexibility index (Phi) is 6.24. The minimum Gasteiger partial charge on any atom is -0.387 e. The molecule has 0 aliphatic rings. The smallest absolute Gasteiger partial charge is 0.0914 e. The van der Waals surface area contributed by atoms with Crippen LogP contribution < -0.4 is 5.32 Å². The van der Waals surface area contributed by atoms with E-state index in [4.69, 9.17) is 5.26 Å². The minimum atomic E-state index is -0.447. The lowest BCUT2D eigenvalue weighted by atomic mass is 10.1. The predicted molar refractivity (Wildman–Crippen MR) is 63.7 cm³/mol. The number of nitriles is 1. The van der Waals surface area contributed by atoms with Crippen LogP contribution >= 0.6 is 0 Å². The molecule has 1 aromatic carbocycles. The van der Waals surface area contributed by atoms with E-state index in [1.807, 2.05) is 30.3 Å². The van der Waals surface area contributed by atoms with Gasteiger partial charge in [-0.25, -0.2) is 0 Å². The van der Waals surface area contributed by atoms with Crippen LogP contribution in [0, 0.1) is 11.3 Å². The lowest BCUT2D eigenvalue weighted by Crippen LogP contribution is -2.22. The third-order valence-corrected chi connectivity index (χ3v) is 2.41. The van der Waals surface area contributed by atoms with Gasteiger partial charge in [0.15, 0.2) is 0 Å². The summed E-state index contributed by atoms with van der Waals surface area (Å²) in [5.41, 5.74) is 0.937. The molecule has 1 aromatic rings. The molecule has 0 spiro atoms. The summed E-state index contributed by atoms with van der Waals surface area (Å²) in [6.07, 6.45) is 2.07. The Morgan fingerprint density at radius 2 is 2.00 bits per heavy atom. The molecule has 16 heavy (non-hydrogen) atoms. The van der Waals surface area contributed by atoms with Crippen LogP contribution in [0.15, 0.2) is 30.3 Å². The van der Waals surface area contributed by atoms with Crippen LogP contribution in [0.25, 0.3) is 0 Å². The molecule has 3 heteroatoms. The average molecular weight is 218 g/mol. The molecule has 86 valence electrons. The van der Waals surface area contributed by atoms with Gasteiger partial charge in [-0.1, -0.05) is 30.3 Å². The largest absolute Gasteiger partial charge is 0.387 e. The third-order valence-electron chi connectivity index (χ3n) is 2.41. The molecular formula is C13H18N2O. The molecular weight excluding hydrogens is 200 g/mol. The van der Waals surface area contributed by atoms with E-state index in [1.54, 1.807) is 0 Å². The van der Waals surface area contributed by atoms with Crippen LogP contribution in [0.2, 0.25) is 0 Å². The molecule has 1 unspecified atom stereocenters. The fourth-order valence-corrected chi connectivity index (χ4v) is 1.49. The summed E-state index contributed by atoms with van der Waals surface area (Å²) in [4.78, 5) is 0. The van der Waals surface area contributed by atoms with Crippen molar-refractivity contribution in [1.29, 1.82) is 5.26 Å². The van der Waals surface area contributed by atoms with Crippen molar-refractivity contribution in [3.05, 3.63) is 35.9 Å².